The topological polar surface area (TPSA) is 91.3 Å². The first-order valence-electron chi connectivity index (χ1n) is 7.39. The number of aromatic nitrogens is 1. The van der Waals surface area contributed by atoms with Crippen LogP contribution in [0.4, 0.5) is 10.5 Å². The fraction of sp³-hybridized carbons (Fsp3) is 0.533. The van der Waals surface area contributed by atoms with Crippen molar-refractivity contribution in [2.24, 2.45) is 5.92 Å². The van der Waals surface area contributed by atoms with Crippen LogP contribution in [0.15, 0.2) is 18.3 Å². The van der Waals surface area contributed by atoms with Crippen LogP contribution in [-0.2, 0) is 0 Å². The second kappa shape index (κ2) is 7.61. The molecule has 0 bridgehead atoms. The molecule has 21 heavy (non-hydrogen) atoms. The summed E-state index contributed by atoms with van der Waals surface area (Å²) in [6, 6.07) is 2.60. The predicted molar refractivity (Wildman–Crippen MR) is 79.4 cm³/mol. The van der Waals surface area contributed by atoms with E-state index >= 15 is 0 Å². The van der Waals surface area contributed by atoms with Crippen molar-refractivity contribution in [1.82, 2.24) is 10.3 Å². The third-order valence-electron chi connectivity index (χ3n) is 3.80. The number of pyridine rings is 1. The molecule has 1 aliphatic rings. The summed E-state index contributed by atoms with van der Waals surface area (Å²) < 4.78 is 0. The Balaban J connectivity index is 1.70. The molecule has 0 saturated heterocycles. The smallest absolute Gasteiger partial charge is 0.354 e. The van der Waals surface area contributed by atoms with Crippen LogP contribution in [0.2, 0.25) is 0 Å². The van der Waals surface area contributed by atoms with Gasteiger partial charge in [0, 0.05) is 6.54 Å². The van der Waals surface area contributed by atoms with Gasteiger partial charge in [0.1, 0.15) is 5.69 Å². The summed E-state index contributed by atoms with van der Waals surface area (Å²) in [6.45, 7) is 0.664. The van der Waals surface area contributed by atoms with Crippen LogP contribution in [0, 0.1) is 5.92 Å². The summed E-state index contributed by atoms with van der Waals surface area (Å²) in [7, 11) is 0. The first-order valence-corrected chi connectivity index (χ1v) is 7.39. The fourth-order valence-corrected chi connectivity index (χ4v) is 2.64. The van der Waals surface area contributed by atoms with E-state index in [1.165, 1.54) is 50.4 Å². The second-order valence-electron chi connectivity index (χ2n) is 5.41. The number of aromatic carboxylic acids is 1. The van der Waals surface area contributed by atoms with E-state index in [9.17, 15) is 9.59 Å². The molecule has 1 aromatic heterocycles. The number of anilines is 1. The lowest BCUT2D eigenvalue weighted by Gasteiger charge is -2.21. The Bertz CT molecular complexity index is 481. The maximum absolute atomic E-state index is 11.7. The van der Waals surface area contributed by atoms with Crippen LogP contribution in [0.3, 0.4) is 0 Å². The minimum Gasteiger partial charge on any atom is -0.477 e. The number of carbonyl (C=O) groups is 2. The highest BCUT2D eigenvalue weighted by atomic mass is 16.4. The molecule has 1 saturated carbocycles. The number of amides is 2. The van der Waals surface area contributed by atoms with E-state index in [0.717, 1.165) is 12.3 Å². The van der Waals surface area contributed by atoms with Gasteiger partial charge in [-0.05, 0) is 24.5 Å². The largest absolute Gasteiger partial charge is 0.477 e. The third kappa shape index (κ3) is 5.06. The summed E-state index contributed by atoms with van der Waals surface area (Å²) in [6.07, 6.45) is 8.84. The van der Waals surface area contributed by atoms with Crippen molar-refractivity contribution in [1.29, 1.82) is 0 Å². The first kappa shape index (κ1) is 15.3. The molecule has 1 aromatic rings. The molecule has 2 rings (SSSR count). The highest BCUT2D eigenvalue weighted by Crippen LogP contribution is 2.25. The van der Waals surface area contributed by atoms with Gasteiger partial charge >= 0.3 is 12.0 Å². The average molecular weight is 291 g/mol. The molecule has 3 N–H and O–H groups in total. The number of carboxylic acid groups (broad SMARTS) is 1. The lowest BCUT2D eigenvalue weighted by molar-refractivity contribution is 0.0690. The zero-order valence-corrected chi connectivity index (χ0v) is 12.0. The molecule has 0 atom stereocenters. The zero-order valence-electron chi connectivity index (χ0n) is 12.0. The molecule has 1 heterocycles. The van der Waals surface area contributed by atoms with Gasteiger partial charge in [-0.15, -0.1) is 0 Å². The number of nitrogens with one attached hydrogen (secondary N) is 2. The van der Waals surface area contributed by atoms with Crippen LogP contribution >= 0.6 is 0 Å². The van der Waals surface area contributed by atoms with Crippen molar-refractivity contribution in [3.63, 3.8) is 0 Å². The summed E-state index contributed by atoms with van der Waals surface area (Å²) >= 11 is 0. The molecule has 0 aliphatic heterocycles. The van der Waals surface area contributed by atoms with Gasteiger partial charge in [0.25, 0.3) is 0 Å². The van der Waals surface area contributed by atoms with Gasteiger partial charge in [0.2, 0.25) is 0 Å². The number of urea groups is 1. The Morgan fingerprint density at radius 3 is 2.62 bits per heavy atom. The van der Waals surface area contributed by atoms with Gasteiger partial charge in [-0.1, -0.05) is 32.1 Å². The maximum atomic E-state index is 11.7. The highest BCUT2D eigenvalue weighted by Gasteiger charge is 2.13. The zero-order chi connectivity index (χ0) is 15.1. The maximum Gasteiger partial charge on any atom is 0.354 e. The molecule has 2 amide bonds. The van der Waals surface area contributed by atoms with E-state index in [1.54, 1.807) is 0 Å². The van der Waals surface area contributed by atoms with Crippen LogP contribution in [0.1, 0.15) is 49.0 Å². The molecule has 1 fully saturated rings. The molecule has 114 valence electrons. The Morgan fingerprint density at radius 2 is 2.00 bits per heavy atom. The quantitative estimate of drug-likeness (QED) is 0.778. The Morgan fingerprint density at radius 1 is 1.24 bits per heavy atom. The van der Waals surface area contributed by atoms with Crippen molar-refractivity contribution >= 4 is 17.7 Å². The van der Waals surface area contributed by atoms with E-state index in [4.69, 9.17) is 5.11 Å². The Labute approximate surface area is 124 Å². The second-order valence-corrected chi connectivity index (χ2v) is 5.41. The van der Waals surface area contributed by atoms with E-state index in [0.29, 0.717) is 12.2 Å². The van der Waals surface area contributed by atoms with E-state index in [-0.39, 0.29) is 11.7 Å². The molecule has 0 radical (unpaired) electrons. The van der Waals surface area contributed by atoms with E-state index in [1.807, 2.05) is 0 Å². The van der Waals surface area contributed by atoms with Gasteiger partial charge in [-0.25, -0.2) is 14.6 Å². The number of rotatable bonds is 5. The molecule has 6 nitrogen and oxygen atoms in total. The Hall–Kier alpha value is -2.11. The molecule has 6 heteroatoms. The SMILES string of the molecule is O=C(NCCC1CCCCC1)Nc1ccc(C(=O)O)nc1. The molecular weight excluding hydrogens is 270 g/mol. The standard InChI is InChI=1S/C15H21N3O3/c19-14(20)13-7-6-12(10-17-13)18-15(21)16-9-8-11-4-2-1-3-5-11/h6-7,10-11H,1-5,8-9H2,(H,19,20)(H2,16,18,21). The number of carboxylic acids is 1. The van der Waals surface area contributed by atoms with Crippen LogP contribution in [-0.4, -0.2) is 28.6 Å². The third-order valence-corrected chi connectivity index (χ3v) is 3.80. The Kier molecular flexibility index (Phi) is 5.54. The molecular formula is C15H21N3O3. The lowest BCUT2D eigenvalue weighted by Crippen LogP contribution is -2.30. The van der Waals surface area contributed by atoms with E-state index in [2.05, 4.69) is 15.6 Å². The molecule has 0 aromatic carbocycles. The summed E-state index contributed by atoms with van der Waals surface area (Å²) in [5.41, 5.74) is 0.438. The monoisotopic (exact) mass is 291 g/mol. The molecule has 0 spiro atoms. The summed E-state index contributed by atoms with van der Waals surface area (Å²) in [5, 5.41) is 14.2. The van der Waals surface area contributed by atoms with Crippen molar-refractivity contribution < 1.29 is 14.7 Å². The summed E-state index contributed by atoms with van der Waals surface area (Å²) in [5.74, 6) is -0.353. The van der Waals surface area contributed by atoms with Gasteiger partial charge in [-0.2, -0.15) is 0 Å². The van der Waals surface area contributed by atoms with Gasteiger partial charge in [0.15, 0.2) is 0 Å². The number of hydrogen-bond donors (Lipinski definition) is 3. The molecule has 1 aliphatic carbocycles. The number of hydrogen-bond acceptors (Lipinski definition) is 3. The first-order chi connectivity index (χ1) is 10.1. The number of nitrogens with zero attached hydrogens (tertiary/aromatic N) is 1. The fourth-order valence-electron chi connectivity index (χ4n) is 2.64. The van der Waals surface area contributed by atoms with Crippen molar-refractivity contribution in [3.05, 3.63) is 24.0 Å². The number of carbonyl (C=O) groups excluding carboxylic acids is 1. The molecule has 0 unspecified atom stereocenters. The van der Waals surface area contributed by atoms with Crippen LogP contribution in [0.5, 0.6) is 0 Å². The van der Waals surface area contributed by atoms with Gasteiger partial charge in [0.05, 0.1) is 11.9 Å². The minimum atomic E-state index is -1.08. The summed E-state index contributed by atoms with van der Waals surface area (Å²) in [4.78, 5) is 26.1. The normalized spacial score (nSPS) is 15.4. The van der Waals surface area contributed by atoms with Crippen LogP contribution < -0.4 is 10.6 Å². The van der Waals surface area contributed by atoms with Crippen molar-refractivity contribution in [3.8, 4) is 0 Å². The van der Waals surface area contributed by atoms with Crippen molar-refractivity contribution in [2.45, 2.75) is 38.5 Å². The van der Waals surface area contributed by atoms with Crippen molar-refractivity contribution in [2.75, 3.05) is 11.9 Å². The van der Waals surface area contributed by atoms with Gasteiger partial charge in [-0.3, -0.25) is 0 Å². The lowest BCUT2D eigenvalue weighted by atomic mass is 9.87. The average Bonchev–Trinajstić information content (AvgIpc) is 2.49. The van der Waals surface area contributed by atoms with Gasteiger partial charge < -0.3 is 15.7 Å². The van der Waals surface area contributed by atoms with E-state index < -0.39 is 5.97 Å². The minimum absolute atomic E-state index is 0.0433. The highest BCUT2D eigenvalue weighted by molar-refractivity contribution is 5.90. The predicted octanol–water partition coefficient (Wildman–Crippen LogP) is 2.87. The van der Waals surface area contributed by atoms with Crippen LogP contribution in [0.25, 0.3) is 0 Å².